The van der Waals surface area contributed by atoms with Gasteiger partial charge in [-0.1, -0.05) is 36.4 Å². The summed E-state index contributed by atoms with van der Waals surface area (Å²) in [5.74, 6) is 2.31. The van der Waals surface area contributed by atoms with Crippen LogP contribution in [0, 0.1) is 0 Å². The van der Waals surface area contributed by atoms with E-state index in [-0.39, 0.29) is 5.97 Å². The van der Waals surface area contributed by atoms with Crippen LogP contribution in [-0.2, 0) is 9.53 Å². The number of methoxy groups -OCH3 is 1. The number of hydrogen-bond donors (Lipinski definition) is 0. The van der Waals surface area contributed by atoms with Gasteiger partial charge in [-0.25, -0.2) is 4.79 Å². The first-order valence-corrected chi connectivity index (χ1v) is 8.85. The van der Waals surface area contributed by atoms with Crippen molar-refractivity contribution in [1.29, 1.82) is 0 Å². The third-order valence-corrected chi connectivity index (χ3v) is 4.29. The number of esters is 1. The van der Waals surface area contributed by atoms with E-state index in [4.69, 9.17) is 14.2 Å². The third kappa shape index (κ3) is 3.81. The predicted octanol–water partition coefficient (Wildman–Crippen LogP) is 5.47. The predicted molar refractivity (Wildman–Crippen MR) is 108 cm³/mol. The van der Waals surface area contributed by atoms with Crippen molar-refractivity contribution in [3.05, 3.63) is 102 Å². The monoisotopic (exact) mass is 370 g/mol. The van der Waals surface area contributed by atoms with Crippen molar-refractivity contribution in [3.8, 4) is 17.2 Å². The van der Waals surface area contributed by atoms with Crippen LogP contribution in [-0.4, -0.2) is 13.1 Å². The summed E-state index contributed by atoms with van der Waals surface area (Å²) in [7, 11) is 1.60. The lowest BCUT2D eigenvalue weighted by atomic mass is 10.1. The second-order valence-electron chi connectivity index (χ2n) is 6.18. The first-order chi connectivity index (χ1) is 13.7. The minimum absolute atomic E-state index is 0.384. The summed E-state index contributed by atoms with van der Waals surface area (Å²) in [5, 5.41) is 0. The molecule has 0 aliphatic carbocycles. The summed E-state index contributed by atoms with van der Waals surface area (Å²) in [4.78, 5) is 12.3. The highest BCUT2D eigenvalue weighted by atomic mass is 16.5. The molecule has 138 valence electrons. The molecule has 1 aliphatic heterocycles. The van der Waals surface area contributed by atoms with Crippen LogP contribution in [0.25, 0.3) is 11.8 Å². The standard InChI is InChI=1S/C24H18O4/c1-26-22-10-6-5-7-18(22)15-19-16-23(28-24(19)25)17-11-13-21(14-12-17)27-20-8-3-2-4-9-20/h2-16H,1H3. The summed E-state index contributed by atoms with van der Waals surface area (Å²) in [6.45, 7) is 0. The van der Waals surface area contributed by atoms with Crippen LogP contribution in [0.1, 0.15) is 11.1 Å². The van der Waals surface area contributed by atoms with Crippen LogP contribution in [0.2, 0.25) is 0 Å². The molecule has 0 unspecified atom stereocenters. The topological polar surface area (TPSA) is 44.8 Å². The van der Waals surface area contributed by atoms with Gasteiger partial charge in [-0.2, -0.15) is 0 Å². The largest absolute Gasteiger partial charge is 0.496 e. The Bertz CT molecular complexity index is 1050. The molecule has 0 N–H and O–H groups in total. The second-order valence-corrected chi connectivity index (χ2v) is 6.18. The average Bonchev–Trinajstić information content (AvgIpc) is 3.10. The zero-order valence-corrected chi connectivity index (χ0v) is 15.3. The summed E-state index contributed by atoms with van der Waals surface area (Å²) < 4.78 is 16.6. The number of rotatable bonds is 5. The van der Waals surface area contributed by atoms with Crippen molar-refractivity contribution in [1.82, 2.24) is 0 Å². The van der Waals surface area contributed by atoms with E-state index < -0.39 is 0 Å². The molecule has 4 heteroatoms. The Balaban J connectivity index is 1.55. The van der Waals surface area contributed by atoms with Gasteiger partial charge in [-0.15, -0.1) is 0 Å². The molecule has 3 aromatic rings. The Morgan fingerprint density at radius 3 is 2.25 bits per heavy atom. The molecule has 4 rings (SSSR count). The second kappa shape index (κ2) is 7.84. The Labute approximate surface area is 163 Å². The third-order valence-electron chi connectivity index (χ3n) is 4.29. The summed E-state index contributed by atoms with van der Waals surface area (Å²) >= 11 is 0. The number of cyclic esters (lactones) is 1. The molecule has 4 nitrogen and oxygen atoms in total. The normalized spacial score (nSPS) is 14.5. The minimum Gasteiger partial charge on any atom is -0.496 e. The maximum Gasteiger partial charge on any atom is 0.343 e. The minimum atomic E-state index is -0.384. The van der Waals surface area contributed by atoms with Gasteiger partial charge in [-0.3, -0.25) is 0 Å². The van der Waals surface area contributed by atoms with Gasteiger partial charge in [0.15, 0.2) is 0 Å². The molecule has 1 aliphatic rings. The Kier molecular flexibility index (Phi) is 4.93. The maximum atomic E-state index is 12.3. The molecule has 0 atom stereocenters. The van der Waals surface area contributed by atoms with E-state index in [1.54, 1.807) is 19.3 Å². The number of benzene rings is 3. The van der Waals surface area contributed by atoms with Crippen molar-refractivity contribution in [2.45, 2.75) is 0 Å². The molecule has 0 radical (unpaired) electrons. The summed E-state index contributed by atoms with van der Waals surface area (Å²) in [5.41, 5.74) is 2.10. The molecule has 0 fully saturated rings. The average molecular weight is 370 g/mol. The summed E-state index contributed by atoms with van der Waals surface area (Å²) in [6.07, 6.45) is 3.50. The van der Waals surface area contributed by atoms with Gasteiger partial charge in [0, 0.05) is 11.1 Å². The highest BCUT2D eigenvalue weighted by molar-refractivity contribution is 6.05. The molecule has 3 aromatic carbocycles. The van der Waals surface area contributed by atoms with Gasteiger partial charge in [0.25, 0.3) is 0 Å². The van der Waals surface area contributed by atoms with E-state index >= 15 is 0 Å². The zero-order chi connectivity index (χ0) is 19.3. The fourth-order valence-corrected chi connectivity index (χ4v) is 2.90. The molecule has 0 amide bonds. The molecule has 1 heterocycles. The van der Waals surface area contributed by atoms with Crippen LogP contribution < -0.4 is 9.47 Å². The molecule has 0 saturated carbocycles. The van der Waals surface area contributed by atoms with Gasteiger partial charge in [0.1, 0.15) is 23.0 Å². The SMILES string of the molecule is COc1ccccc1C=C1C=C(c2ccc(Oc3ccccc3)cc2)OC1=O. The highest BCUT2D eigenvalue weighted by Gasteiger charge is 2.22. The Morgan fingerprint density at radius 1 is 0.821 bits per heavy atom. The smallest absolute Gasteiger partial charge is 0.343 e. The fraction of sp³-hybridized carbons (Fsp3) is 0.0417. The van der Waals surface area contributed by atoms with E-state index in [1.165, 1.54) is 0 Å². The van der Waals surface area contributed by atoms with Crippen LogP contribution in [0.3, 0.4) is 0 Å². The molecule has 0 spiro atoms. The van der Waals surface area contributed by atoms with Gasteiger partial charge in [-0.05, 0) is 54.6 Å². The molecule has 0 saturated heterocycles. The number of carbonyl (C=O) groups excluding carboxylic acids is 1. The van der Waals surface area contributed by atoms with Crippen molar-refractivity contribution in [2.75, 3.05) is 7.11 Å². The van der Waals surface area contributed by atoms with E-state index in [9.17, 15) is 4.79 Å². The number of carbonyl (C=O) groups is 1. The van der Waals surface area contributed by atoms with Gasteiger partial charge >= 0.3 is 5.97 Å². The van der Waals surface area contributed by atoms with Crippen molar-refractivity contribution < 1.29 is 19.0 Å². The molecular formula is C24H18O4. The Hall–Kier alpha value is -3.79. The van der Waals surface area contributed by atoms with Crippen LogP contribution >= 0.6 is 0 Å². The number of para-hydroxylation sites is 2. The maximum absolute atomic E-state index is 12.3. The van der Waals surface area contributed by atoms with Crippen LogP contribution in [0.15, 0.2) is 90.5 Å². The first-order valence-electron chi connectivity index (χ1n) is 8.85. The lowest BCUT2D eigenvalue weighted by molar-refractivity contribution is -0.130. The number of ether oxygens (including phenoxy) is 3. The quantitative estimate of drug-likeness (QED) is 0.441. The lowest BCUT2D eigenvalue weighted by Gasteiger charge is -2.06. The van der Waals surface area contributed by atoms with Gasteiger partial charge < -0.3 is 14.2 Å². The van der Waals surface area contributed by atoms with Crippen LogP contribution in [0.4, 0.5) is 0 Å². The Morgan fingerprint density at radius 2 is 1.50 bits per heavy atom. The van der Waals surface area contributed by atoms with E-state index in [2.05, 4.69) is 0 Å². The van der Waals surface area contributed by atoms with Crippen LogP contribution in [0.5, 0.6) is 17.2 Å². The van der Waals surface area contributed by atoms with Gasteiger partial charge in [0.05, 0.1) is 12.7 Å². The van der Waals surface area contributed by atoms with Crippen molar-refractivity contribution >= 4 is 17.8 Å². The van der Waals surface area contributed by atoms with Gasteiger partial charge in [0.2, 0.25) is 0 Å². The van der Waals surface area contributed by atoms with E-state index in [0.29, 0.717) is 22.8 Å². The lowest BCUT2D eigenvalue weighted by Crippen LogP contribution is -1.97. The van der Waals surface area contributed by atoms with Crippen molar-refractivity contribution in [3.63, 3.8) is 0 Å². The molecule has 0 bridgehead atoms. The first kappa shape index (κ1) is 17.6. The molecule has 28 heavy (non-hydrogen) atoms. The highest BCUT2D eigenvalue weighted by Crippen LogP contribution is 2.31. The number of hydrogen-bond acceptors (Lipinski definition) is 4. The molecular weight excluding hydrogens is 352 g/mol. The van der Waals surface area contributed by atoms with E-state index in [0.717, 1.165) is 16.9 Å². The zero-order valence-electron chi connectivity index (χ0n) is 15.3. The fourth-order valence-electron chi connectivity index (χ4n) is 2.90. The van der Waals surface area contributed by atoms with Crippen molar-refractivity contribution in [2.24, 2.45) is 0 Å². The summed E-state index contributed by atoms with van der Waals surface area (Å²) in [6, 6.07) is 24.5. The van der Waals surface area contributed by atoms with E-state index in [1.807, 2.05) is 78.9 Å². The molecule has 0 aromatic heterocycles.